The van der Waals surface area contributed by atoms with Gasteiger partial charge in [-0.25, -0.2) is 9.78 Å². The van der Waals surface area contributed by atoms with Crippen LogP contribution in [0.3, 0.4) is 0 Å². The van der Waals surface area contributed by atoms with Crippen LogP contribution in [0, 0.1) is 10.1 Å². The molecule has 1 aromatic carbocycles. The number of aromatic carboxylic acids is 1. The third kappa shape index (κ3) is 2.98. The molecule has 0 atom stereocenters. The van der Waals surface area contributed by atoms with Crippen molar-refractivity contribution in [3.05, 3.63) is 51.3 Å². The van der Waals surface area contributed by atoms with Crippen molar-refractivity contribution in [2.24, 2.45) is 0 Å². The zero-order valence-electron chi connectivity index (χ0n) is 9.69. The summed E-state index contributed by atoms with van der Waals surface area (Å²) in [7, 11) is 0. The number of ether oxygens (including phenoxy) is 1. The lowest BCUT2D eigenvalue weighted by molar-refractivity contribution is -0.384. The molecule has 8 nitrogen and oxygen atoms in total. The van der Waals surface area contributed by atoms with E-state index < -0.39 is 10.9 Å². The molecule has 2 aromatic rings. The smallest absolute Gasteiger partial charge is 0.354 e. The number of aromatic nitrogens is 2. The van der Waals surface area contributed by atoms with Crippen molar-refractivity contribution < 1.29 is 19.6 Å². The molecule has 0 bridgehead atoms. The van der Waals surface area contributed by atoms with Gasteiger partial charge in [-0.2, -0.15) is 4.98 Å². The first-order chi connectivity index (χ1) is 9.47. The number of halogens is 1. The third-order valence-electron chi connectivity index (χ3n) is 2.18. The largest absolute Gasteiger partial charge is 0.477 e. The highest BCUT2D eigenvalue weighted by molar-refractivity contribution is 6.32. The summed E-state index contributed by atoms with van der Waals surface area (Å²) in [6, 6.07) is 4.51. The van der Waals surface area contributed by atoms with Crippen molar-refractivity contribution >= 4 is 23.3 Å². The Kier molecular flexibility index (Phi) is 3.76. The van der Waals surface area contributed by atoms with E-state index in [-0.39, 0.29) is 28.2 Å². The van der Waals surface area contributed by atoms with E-state index in [9.17, 15) is 14.9 Å². The van der Waals surface area contributed by atoms with Crippen LogP contribution in [0.25, 0.3) is 0 Å². The third-order valence-corrected chi connectivity index (χ3v) is 2.49. The molecule has 0 aliphatic heterocycles. The molecule has 102 valence electrons. The number of rotatable bonds is 4. The van der Waals surface area contributed by atoms with Gasteiger partial charge < -0.3 is 9.84 Å². The summed E-state index contributed by atoms with van der Waals surface area (Å²) in [6.07, 6.45) is 1.19. The number of carbonyl (C=O) groups is 1. The number of nitro benzene ring substituents is 1. The molecule has 0 aliphatic carbocycles. The molecule has 0 unspecified atom stereocenters. The van der Waals surface area contributed by atoms with Crippen molar-refractivity contribution in [3.63, 3.8) is 0 Å². The van der Waals surface area contributed by atoms with Crippen LogP contribution in [0.15, 0.2) is 30.5 Å². The first kappa shape index (κ1) is 13.7. The Balaban J connectivity index is 2.34. The van der Waals surface area contributed by atoms with E-state index in [1.807, 2.05) is 0 Å². The van der Waals surface area contributed by atoms with Crippen molar-refractivity contribution in [2.45, 2.75) is 0 Å². The first-order valence-electron chi connectivity index (χ1n) is 5.15. The predicted molar refractivity (Wildman–Crippen MR) is 67.2 cm³/mol. The molecule has 0 radical (unpaired) electrons. The number of carboxylic acids is 1. The molecule has 2 rings (SSSR count). The number of hydrogen-bond donors (Lipinski definition) is 1. The zero-order chi connectivity index (χ0) is 14.7. The Morgan fingerprint density at radius 1 is 1.40 bits per heavy atom. The Morgan fingerprint density at radius 2 is 2.15 bits per heavy atom. The number of hydrogen-bond acceptors (Lipinski definition) is 6. The summed E-state index contributed by atoms with van der Waals surface area (Å²) in [6.45, 7) is 0. The van der Waals surface area contributed by atoms with Crippen LogP contribution in [-0.4, -0.2) is 26.0 Å². The molecule has 1 aromatic heterocycles. The van der Waals surface area contributed by atoms with Crippen molar-refractivity contribution in [1.82, 2.24) is 9.97 Å². The molecule has 20 heavy (non-hydrogen) atoms. The normalized spacial score (nSPS) is 10.1. The molecular formula is C11H6ClN3O5. The number of non-ortho nitro benzene ring substituents is 1. The second-order valence-electron chi connectivity index (χ2n) is 3.50. The summed E-state index contributed by atoms with van der Waals surface area (Å²) in [4.78, 5) is 28.1. The molecule has 1 heterocycles. The molecule has 1 N–H and O–H groups in total. The fourth-order valence-corrected chi connectivity index (χ4v) is 1.45. The minimum absolute atomic E-state index is 0.0385. The maximum atomic E-state index is 10.8. The molecular weight excluding hydrogens is 290 g/mol. The molecule has 0 saturated heterocycles. The highest BCUT2D eigenvalue weighted by atomic mass is 35.5. The summed E-state index contributed by atoms with van der Waals surface area (Å²) in [5.41, 5.74) is -0.490. The fourth-order valence-electron chi connectivity index (χ4n) is 1.29. The van der Waals surface area contributed by atoms with E-state index in [0.29, 0.717) is 0 Å². The van der Waals surface area contributed by atoms with Crippen LogP contribution in [0.4, 0.5) is 5.69 Å². The highest BCUT2D eigenvalue weighted by Crippen LogP contribution is 2.31. The number of carboxylic acid groups (broad SMARTS) is 1. The molecule has 9 heteroatoms. The molecule has 0 spiro atoms. The highest BCUT2D eigenvalue weighted by Gasteiger charge is 2.14. The van der Waals surface area contributed by atoms with E-state index in [2.05, 4.69) is 9.97 Å². The van der Waals surface area contributed by atoms with Gasteiger partial charge in [-0.1, -0.05) is 11.6 Å². The summed E-state index contributed by atoms with van der Waals surface area (Å²) in [5.74, 6) is -1.29. The Labute approximate surface area is 116 Å². The minimum Gasteiger partial charge on any atom is -0.477 e. The summed E-state index contributed by atoms with van der Waals surface area (Å²) < 4.78 is 5.17. The monoisotopic (exact) mass is 295 g/mol. The second kappa shape index (κ2) is 5.49. The first-order valence-corrected chi connectivity index (χ1v) is 5.53. The summed E-state index contributed by atoms with van der Waals surface area (Å²) >= 11 is 5.83. The van der Waals surface area contributed by atoms with Gasteiger partial charge in [0.1, 0.15) is 0 Å². The van der Waals surface area contributed by atoms with Gasteiger partial charge >= 0.3 is 12.0 Å². The second-order valence-corrected chi connectivity index (χ2v) is 3.91. The maximum Gasteiger partial charge on any atom is 0.354 e. The van der Waals surface area contributed by atoms with E-state index in [0.717, 1.165) is 6.07 Å². The van der Waals surface area contributed by atoms with Crippen LogP contribution in [0.5, 0.6) is 11.8 Å². The maximum absolute atomic E-state index is 10.8. The predicted octanol–water partition coefficient (Wildman–Crippen LogP) is 2.53. The Bertz CT molecular complexity index is 692. The summed E-state index contributed by atoms with van der Waals surface area (Å²) in [5, 5.41) is 19.6. The molecule has 0 amide bonds. The van der Waals surface area contributed by atoms with Crippen molar-refractivity contribution in [1.29, 1.82) is 0 Å². The average molecular weight is 296 g/mol. The SMILES string of the molecule is O=C(O)c1ccnc(Oc2cc([N+](=O)[O-])ccc2Cl)n1. The molecule has 0 fully saturated rings. The van der Waals surface area contributed by atoms with Crippen LogP contribution in [-0.2, 0) is 0 Å². The number of nitro groups is 1. The quantitative estimate of drug-likeness (QED) is 0.680. The van der Waals surface area contributed by atoms with Gasteiger partial charge in [0.2, 0.25) is 0 Å². The average Bonchev–Trinajstić information content (AvgIpc) is 2.41. The van der Waals surface area contributed by atoms with E-state index >= 15 is 0 Å². The fraction of sp³-hybridized carbons (Fsp3) is 0. The van der Waals surface area contributed by atoms with Crippen molar-refractivity contribution in [2.75, 3.05) is 0 Å². The van der Waals surface area contributed by atoms with Gasteiger partial charge in [0.05, 0.1) is 16.0 Å². The van der Waals surface area contributed by atoms with Gasteiger partial charge in [-0.05, 0) is 12.1 Å². The number of nitrogens with zero attached hydrogens (tertiary/aromatic N) is 3. The Hall–Kier alpha value is -2.74. The lowest BCUT2D eigenvalue weighted by Crippen LogP contribution is -2.02. The van der Waals surface area contributed by atoms with Crippen LogP contribution < -0.4 is 4.74 Å². The number of benzene rings is 1. The van der Waals surface area contributed by atoms with Crippen LogP contribution in [0.1, 0.15) is 10.5 Å². The van der Waals surface area contributed by atoms with Crippen molar-refractivity contribution in [3.8, 4) is 11.8 Å². The lowest BCUT2D eigenvalue weighted by Gasteiger charge is -2.05. The van der Waals surface area contributed by atoms with E-state index in [4.69, 9.17) is 21.4 Å². The molecule has 0 aliphatic rings. The van der Waals surface area contributed by atoms with Gasteiger partial charge in [0, 0.05) is 12.3 Å². The standard InChI is InChI=1S/C11H6ClN3O5/c12-7-2-1-6(15(18)19)5-9(7)20-11-13-4-3-8(14-11)10(16)17/h1-5H,(H,16,17). The minimum atomic E-state index is -1.25. The molecule has 0 saturated carbocycles. The van der Waals surface area contributed by atoms with E-state index in [1.54, 1.807) is 0 Å². The topological polar surface area (TPSA) is 115 Å². The van der Waals surface area contributed by atoms with E-state index in [1.165, 1.54) is 24.4 Å². The lowest BCUT2D eigenvalue weighted by atomic mass is 10.3. The van der Waals surface area contributed by atoms with Gasteiger partial charge in [0.15, 0.2) is 11.4 Å². The Morgan fingerprint density at radius 3 is 2.80 bits per heavy atom. The van der Waals surface area contributed by atoms with Crippen LogP contribution >= 0.6 is 11.6 Å². The zero-order valence-corrected chi connectivity index (χ0v) is 10.4. The van der Waals surface area contributed by atoms with Gasteiger partial charge in [0.25, 0.3) is 5.69 Å². The van der Waals surface area contributed by atoms with Gasteiger partial charge in [-0.3, -0.25) is 10.1 Å². The van der Waals surface area contributed by atoms with Gasteiger partial charge in [-0.15, -0.1) is 0 Å². The van der Waals surface area contributed by atoms with Crippen LogP contribution in [0.2, 0.25) is 5.02 Å².